The maximum Gasteiger partial charge on any atom is 0.272 e. The molecule has 0 saturated carbocycles. The average Bonchev–Trinajstić information content (AvgIpc) is 2.97. The molecule has 5 nitrogen and oxygen atoms in total. The number of anilines is 1. The maximum atomic E-state index is 12.1. The summed E-state index contributed by atoms with van der Waals surface area (Å²) < 4.78 is 1.62. The quantitative estimate of drug-likeness (QED) is 0.650. The Morgan fingerprint density at radius 3 is 2.76 bits per heavy atom. The van der Waals surface area contributed by atoms with E-state index in [2.05, 4.69) is 16.3 Å². The standard InChI is InChI=1S/C16H18N4O/c1-3-5-13(4-2)18-16(21)15-10-11-20(19-15)14-8-6-12(17)7-9-14/h2,6-11,13H,3,5,17H2,1H3,(H,18,21). The van der Waals surface area contributed by atoms with E-state index in [-0.39, 0.29) is 11.9 Å². The third kappa shape index (κ3) is 3.63. The van der Waals surface area contributed by atoms with Crippen molar-refractivity contribution in [2.75, 3.05) is 5.73 Å². The van der Waals surface area contributed by atoms with Crippen molar-refractivity contribution < 1.29 is 4.79 Å². The zero-order valence-corrected chi connectivity index (χ0v) is 11.9. The molecule has 5 heteroatoms. The van der Waals surface area contributed by atoms with Crippen molar-refractivity contribution in [1.29, 1.82) is 0 Å². The zero-order chi connectivity index (χ0) is 15.2. The largest absolute Gasteiger partial charge is 0.399 e. The highest BCUT2D eigenvalue weighted by atomic mass is 16.2. The number of rotatable bonds is 5. The number of hydrogen-bond acceptors (Lipinski definition) is 3. The van der Waals surface area contributed by atoms with Crippen molar-refractivity contribution in [3.8, 4) is 18.0 Å². The fourth-order valence-corrected chi connectivity index (χ4v) is 1.93. The number of nitrogen functional groups attached to an aromatic ring is 1. The number of nitrogens with zero attached hydrogens (tertiary/aromatic N) is 2. The molecule has 0 aliphatic carbocycles. The Hall–Kier alpha value is -2.74. The Labute approximate surface area is 124 Å². The van der Waals surface area contributed by atoms with Gasteiger partial charge in [-0.25, -0.2) is 4.68 Å². The Bertz CT molecular complexity index is 652. The molecular weight excluding hydrogens is 264 g/mol. The summed E-state index contributed by atoms with van der Waals surface area (Å²) in [5, 5.41) is 7.04. The molecule has 1 aromatic heterocycles. The number of nitrogens with two attached hydrogens (primary N) is 1. The third-order valence-electron chi connectivity index (χ3n) is 3.06. The van der Waals surface area contributed by atoms with E-state index in [0.29, 0.717) is 11.4 Å². The summed E-state index contributed by atoms with van der Waals surface area (Å²) in [4.78, 5) is 12.1. The first-order chi connectivity index (χ1) is 10.1. The van der Waals surface area contributed by atoms with Crippen molar-refractivity contribution >= 4 is 11.6 Å². The molecule has 0 fully saturated rings. The van der Waals surface area contributed by atoms with Gasteiger partial charge in [0.2, 0.25) is 0 Å². The van der Waals surface area contributed by atoms with Gasteiger partial charge in [-0.15, -0.1) is 6.42 Å². The Balaban J connectivity index is 2.10. The predicted octanol–water partition coefficient (Wildman–Crippen LogP) is 1.99. The highest BCUT2D eigenvalue weighted by Gasteiger charge is 2.13. The Kier molecular flexibility index (Phi) is 4.62. The summed E-state index contributed by atoms with van der Waals surface area (Å²) in [5.41, 5.74) is 7.50. The van der Waals surface area contributed by atoms with Gasteiger partial charge >= 0.3 is 0 Å². The van der Waals surface area contributed by atoms with Gasteiger partial charge in [-0.1, -0.05) is 19.3 Å². The normalized spacial score (nSPS) is 11.6. The lowest BCUT2D eigenvalue weighted by atomic mass is 10.2. The smallest absolute Gasteiger partial charge is 0.272 e. The van der Waals surface area contributed by atoms with Gasteiger partial charge in [0.15, 0.2) is 5.69 Å². The van der Waals surface area contributed by atoms with Crippen LogP contribution < -0.4 is 11.1 Å². The molecule has 0 saturated heterocycles. The van der Waals surface area contributed by atoms with E-state index in [1.54, 1.807) is 29.1 Å². The van der Waals surface area contributed by atoms with Crippen LogP contribution in [0.5, 0.6) is 0 Å². The minimum Gasteiger partial charge on any atom is -0.399 e. The van der Waals surface area contributed by atoms with E-state index < -0.39 is 0 Å². The first kappa shape index (κ1) is 14.7. The molecule has 108 valence electrons. The molecule has 21 heavy (non-hydrogen) atoms. The predicted molar refractivity (Wildman–Crippen MR) is 83.0 cm³/mol. The highest BCUT2D eigenvalue weighted by molar-refractivity contribution is 5.92. The van der Waals surface area contributed by atoms with Crippen LogP contribution in [0.3, 0.4) is 0 Å². The van der Waals surface area contributed by atoms with Crippen LogP contribution in [-0.2, 0) is 0 Å². The van der Waals surface area contributed by atoms with Crippen LogP contribution in [0, 0.1) is 12.3 Å². The second kappa shape index (κ2) is 6.62. The molecule has 3 N–H and O–H groups in total. The van der Waals surface area contributed by atoms with Crippen LogP contribution >= 0.6 is 0 Å². The number of hydrogen-bond donors (Lipinski definition) is 2. The fraction of sp³-hybridized carbons (Fsp3) is 0.250. The van der Waals surface area contributed by atoms with Crippen molar-refractivity contribution in [1.82, 2.24) is 15.1 Å². The Morgan fingerprint density at radius 1 is 1.43 bits per heavy atom. The number of benzene rings is 1. The number of carbonyl (C=O) groups excluding carboxylic acids is 1. The molecule has 0 bridgehead atoms. The number of aromatic nitrogens is 2. The lowest BCUT2D eigenvalue weighted by Gasteiger charge is -2.10. The van der Waals surface area contributed by atoms with Gasteiger partial charge in [-0.2, -0.15) is 5.10 Å². The molecule has 2 rings (SSSR count). The topological polar surface area (TPSA) is 72.9 Å². The van der Waals surface area contributed by atoms with Gasteiger partial charge in [-0.3, -0.25) is 4.79 Å². The summed E-state index contributed by atoms with van der Waals surface area (Å²) in [6, 6.07) is 8.64. The van der Waals surface area contributed by atoms with Crippen LogP contribution in [-0.4, -0.2) is 21.7 Å². The van der Waals surface area contributed by atoms with E-state index in [1.165, 1.54) is 0 Å². The molecule has 0 spiro atoms. The molecule has 1 heterocycles. The summed E-state index contributed by atoms with van der Waals surface area (Å²) >= 11 is 0. The second-order valence-electron chi connectivity index (χ2n) is 4.72. The molecule has 1 amide bonds. The van der Waals surface area contributed by atoms with Crippen LogP contribution in [0.25, 0.3) is 5.69 Å². The van der Waals surface area contributed by atoms with Crippen molar-refractivity contribution in [2.24, 2.45) is 0 Å². The lowest BCUT2D eigenvalue weighted by Crippen LogP contribution is -2.33. The van der Waals surface area contributed by atoms with E-state index >= 15 is 0 Å². The summed E-state index contributed by atoms with van der Waals surface area (Å²) in [6.07, 6.45) is 8.78. The summed E-state index contributed by atoms with van der Waals surface area (Å²) in [7, 11) is 0. The summed E-state index contributed by atoms with van der Waals surface area (Å²) in [5.74, 6) is 2.30. The number of carbonyl (C=O) groups is 1. The van der Waals surface area contributed by atoms with Crippen LogP contribution in [0.2, 0.25) is 0 Å². The highest BCUT2D eigenvalue weighted by Crippen LogP contribution is 2.10. The molecular formula is C16H18N4O. The van der Waals surface area contributed by atoms with Gasteiger partial charge in [0.1, 0.15) is 0 Å². The molecule has 2 aromatic rings. The lowest BCUT2D eigenvalue weighted by molar-refractivity contribution is 0.0939. The number of terminal acetylenes is 1. The van der Waals surface area contributed by atoms with E-state index in [9.17, 15) is 4.79 Å². The van der Waals surface area contributed by atoms with Crippen molar-refractivity contribution in [3.05, 3.63) is 42.2 Å². The molecule has 1 aromatic carbocycles. The zero-order valence-electron chi connectivity index (χ0n) is 11.9. The summed E-state index contributed by atoms with van der Waals surface area (Å²) in [6.45, 7) is 2.02. The minimum absolute atomic E-state index is 0.260. The van der Waals surface area contributed by atoms with Gasteiger partial charge in [0, 0.05) is 11.9 Å². The third-order valence-corrected chi connectivity index (χ3v) is 3.06. The van der Waals surface area contributed by atoms with Crippen molar-refractivity contribution in [2.45, 2.75) is 25.8 Å². The van der Waals surface area contributed by atoms with Crippen molar-refractivity contribution in [3.63, 3.8) is 0 Å². The van der Waals surface area contributed by atoms with Crippen LogP contribution in [0.1, 0.15) is 30.3 Å². The van der Waals surface area contributed by atoms with E-state index in [4.69, 9.17) is 12.2 Å². The Morgan fingerprint density at radius 2 is 2.14 bits per heavy atom. The first-order valence-corrected chi connectivity index (χ1v) is 6.82. The molecule has 0 radical (unpaired) electrons. The van der Waals surface area contributed by atoms with E-state index in [1.807, 2.05) is 19.1 Å². The SMILES string of the molecule is C#CC(CCC)NC(=O)c1ccn(-c2ccc(N)cc2)n1. The molecule has 1 atom stereocenters. The maximum absolute atomic E-state index is 12.1. The average molecular weight is 282 g/mol. The van der Waals surface area contributed by atoms with Gasteiger partial charge < -0.3 is 11.1 Å². The van der Waals surface area contributed by atoms with Gasteiger partial charge in [0.25, 0.3) is 5.91 Å². The molecule has 0 aliphatic heterocycles. The number of amides is 1. The van der Waals surface area contributed by atoms with Gasteiger partial charge in [-0.05, 0) is 36.8 Å². The first-order valence-electron chi connectivity index (χ1n) is 6.82. The fourth-order valence-electron chi connectivity index (χ4n) is 1.93. The molecule has 1 unspecified atom stereocenters. The monoisotopic (exact) mass is 282 g/mol. The minimum atomic E-state index is -0.263. The van der Waals surface area contributed by atoms with Crippen LogP contribution in [0.4, 0.5) is 5.69 Å². The molecule has 0 aliphatic rings. The van der Waals surface area contributed by atoms with E-state index in [0.717, 1.165) is 18.5 Å². The second-order valence-corrected chi connectivity index (χ2v) is 4.72. The van der Waals surface area contributed by atoms with Gasteiger partial charge in [0.05, 0.1) is 11.7 Å². The number of nitrogens with one attached hydrogen (secondary N) is 1. The van der Waals surface area contributed by atoms with Crippen LogP contribution in [0.15, 0.2) is 36.5 Å².